The molecule has 0 bridgehead atoms. The Morgan fingerprint density at radius 1 is 1.30 bits per heavy atom. The number of ether oxygens (including phenoxy) is 1. The Morgan fingerprint density at radius 3 is 2.43 bits per heavy atom. The number of hydrogen-bond acceptors (Lipinski definition) is 4. The number of carbonyl (C=O) groups excluding carboxylic acids is 3. The third kappa shape index (κ3) is 3.46. The molecule has 1 aliphatic heterocycles. The fraction of sp³-hybridized carbons (Fsp3) is 0.400. The minimum Gasteiger partial charge on any atom is -0.435 e. The molecule has 0 unspecified atom stereocenters. The highest BCUT2D eigenvalue weighted by molar-refractivity contribution is 6.07. The van der Waals surface area contributed by atoms with Crippen LogP contribution in [0.15, 0.2) is 24.3 Å². The van der Waals surface area contributed by atoms with Crippen LogP contribution in [0, 0.1) is 0 Å². The molecule has 1 N–H and O–H groups in total. The zero-order valence-electron chi connectivity index (χ0n) is 12.6. The molecule has 0 spiro atoms. The number of ketones is 1. The first-order valence-corrected chi connectivity index (χ1v) is 6.93. The van der Waals surface area contributed by atoms with E-state index in [9.17, 15) is 23.2 Å². The maximum Gasteiger partial charge on any atom is 0.387 e. The van der Waals surface area contributed by atoms with Gasteiger partial charge in [0.2, 0.25) is 0 Å². The Kier molecular flexibility index (Phi) is 4.63. The van der Waals surface area contributed by atoms with Gasteiger partial charge >= 0.3 is 12.6 Å². The zero-order valence-corrected chi connectivity index (χ0v) is 12.6. The number of imide groups is 1. The van der Waals surface area contributed by atoms with Crippen LogP contribution in [0.25, 0.3) is 0 Å². The second kappa shape index (κ2) is 6.31. The lowest BCUT2D eigenvalue weighted by atomic mass is 9.92. The molecule has 0 aromatic heterocycles. The van der Waals surface area contributed by atoms with Gasteiger partial charge in [-0.25, -0.2) is 4.79 Å². The van der Waals surface area contributed by atoms with Crippen LogP contribution in [-0.2, 0) is 15.1 Å². The number of Topliss-reactive ketones (excluding diaryl/α,β-unsaturated/α-hetero) is 1. The van der Waals surface area contributed by atoms with Crippen LogP contribution in [0.3, 0.4) is 0 Å². The van der Waals surface area contributed by atoms with Gasteiger partial charge in [0.1, 0.15) is 17.1 Å². The van der Waals surface area contributed by atoms with E-state index in [-0.39, 0.29) is 24.5 Å². The van der Waals surface area contributed by atoms with Crippen molar-refractivity contribution < 1.29 is 27.9 Å². The summed E-state index contributed by atoms with van der Waals surface area (Å²) in [6.45, 7) is -0.0442. The van der Waals surface area contributed by atoms with Gasteiger partial charge in [-0.2, -0.15) is 8.78 Å². The van der Waals surface area contributed by atoms with Crippen molar-refractivity contribution in [1.82, 2.24) is 10.2 Å². The van der Waals surface area contributed by atoms with Crippen molar-refractivity contribution in [2.24, 2.45) is 0 Å². The van der Waals surface area contributed by atoms with E-state index in [2.05, 4.69) is 10.1 Å². The van der Waals surface area contributed by atoms with Gasteiger partial charge < -0.3 is 10.1 Å². The van der Waals surface area contributed by atoms with E-state index in [0.29, 0.717) is 5.56 Å². The average molecular weight is 326 g/mol. The topological polar surface area (TPSA) is 75.7 Å². The van der Waals surface area contributed by atoms with Gasteiger partial charge in [0.25, 0.3) is 5.91 Å². The highest BCUT2D eigenvalue weighted by Crippen LogP contribution is 2.30. The number of urea groups is 1. The van der Waals surface area contributed by atoms with E-state index >= 15 is 0 Å². The van der Waals surface area contributed by atoms with Gasteiger partial charge in [-0.3, -0.25) is 14.5 Å². The van der Waals surface area contributed by atoms with E-state index in [1.807, 2.05) is 0 Å². The lowest BCUT2D eigenvalue weighted by Gasteiger charge is -2.22. The van der Waals surface area contributed by atoms with E-state index in [1.165, 1.54) is 38.1 Å². The Morgan fingerprint density at radius 2 is 1.91 bits per heavy atom. The average Bonchev–Trinajstić information content (AvgIpc) is 2.68. The molecule has 1 saturated heterocycles. The van der Waals surface area contributed by atoms with Crippen LogP contribution < -0.4 is 10.1 Å². The van der Waals surface area contributed by atoms with Gasteiger partial charge in [0, 0.05) is 13.0 Å². The predicted octanol–water partition coefficient (Wildman–Crippen LogP) is 2.03. The summed E-state index contributed by atoms with van der Waals surface area (Å²) in [5.74, 6) is -0.670. The van der Waals surface area contributed by atoms with Crippen LogP contribution >= 0.6 is 0 Å². The Labute approximate surface area is 131 Å². The van der Waals surface area contributed by atoms with Crippen molar-refractivity contribution in [2.75, 3.05) is 6.54 Å². The molecule has 3 amide bonds. The molecule has 0 aliphatic carbocycles. The summed E-state index contributed by atoms with van der Waals surface area (Å²) in [7, 11) is 0. The molecule has 8 heteroatoms. The van der Waals surface area contributed by atoms with E-state index in [1.54, 1.807) is 0 Å². The minimum atomic E-state index is -2.94. The predicted molar refractivity (Wildman–Crippen MR) is 76.0 cm³/mol. The van der Waals surface area contributed by atoms with Gasteiger partial charge in [0.15, 0.2) is 0 Å². The maximum atomic E-state index is 12.5. The van der Waals surface area contributed by atoms with Crippen molar-refractivity contribution in [2.45, 2.75) is 32.4 Å². The lowest BCUT2D eigenvalue weighted by molar-refractivity contribution is -0.131. The number of amides is 3. The van der Waals surface area contributed by atoms with Crippen molar-refractivity contribution in [3.63, 3.8) is 0 Å². The molecular weight excluding hydrogens is 310 g/mol. The molecule has 1 fully saturated rings. The third-order valence-electron chi connectivity index (χ3n) is 3.62. The first kappa shape index (κ1) is 16.9. The van der Waals surface area contributed by atoms with E-state index < -0.39 is 24.1 Å². The largest absolute Gasteiger partial charge is 0.435 e. The molecule has 1 aliphatic rings. The second-order valence-corrected chi connectivity index (χ2v) is 5.37. The molecule has 1 aromatic rings. The summed E-state index contributed by atoms with van der Waals surface area (Å²) in [6, 6.07) is 4.87. The number of hydrogen-bond donors (Lipinski definition) is 1. The summed E-state index contributed by atoms with van der Waals surface area (Å²) < 4.78 is 28.5. The fourth-order valence-corrected chi connectivity index (χ4v) is 2.33. The van der Waals surface area contributed by atoms with Crippen LogP contribution in [-0.4, -0.2) is 35.8 Å². The molecule has 2 rings (SSSR count). The smallest absolute Gasteiger partial charge is 0.387 e. The maximum absolute atomic E-state index is 12.5. The lowest BCUT2D eigenvalue weighted by Crippen LogP contribution is -2.41. The molecule has 1 heterocycles. The van der Waals surface area contributed by atoms with Crippen molar-refractivity contribution >= 4 is 17.7 Å². The van der Waals surface area contributed by atoms with Crippen LogP contribution in [0.2, 0.25) is 0 Å². The molecule has 0 saturated carbocycles. The van der Waals surface area contributed by atoms with Gasteiger partial charge in [0.05, 0.1) is 0 Å². The van der Waals surface area contributed by atoms with Crippen LogP contribution in [0.5, 0.6) is 5.75 Å². The van der Waals surface area contributed by atoms with Crippen molar-refractivity contribution in [3.05, 3.63) is 29.8 Å². The highest BCUT2D eigenvalue weighted by Gasteiger charge is 2.48. The highest BCUT2D eigenvalue weighted by atomic mass is 19.3. The number of nitrogens with one attached hydrogen (secondary N) is 1. The number of nitrogens with zero attached hydrogens (tertiary/aromatic N) is 1. The molecule has 0 radical (unpaired) electrons. The Balaban J connectivity index is 2.19. The summed E-state index contributed by atoms with van der Waals surface area (Å²) in [5, 5.41) is 2.57. The molecule has 6 nitrogen and oxygen atoms in total. The van der Waals surface area contributed by atoms with Crippen LogP contribution in [0.4, 0.5) is 13.6 Å². The van der Waals surface area contributed by atoms with Crippen LogP contribution in [0.1, 0.15) is 25.8 Å². The molecular formula is C15H16F2N2O4. The molecule has 1 aromatic carbocycles. The quantitative estimate of drug-likeness (QED) is 0.812. The zero-order chi connectivity index (χ0) is 17.2. The first-order valence-electron chi connectivity index (χ1n) is 6.93. The van der Waals surface area contributed by atoms with E-state index in [0.717, 1.165) is 4.90 Å². The van der Waals surface area contributed by atoms with Gasteiger partial charge in [-0.15, -0.1) is 0 Å². The minimum absolute atomic E-state index is 0.00215. The normalized spacial score (nSPS) is 20.8. The van der Waals surface area contributed by atoms with Crippen molar-refractivity contribution in [1.29, 1.82) is 0 Å². The molecule has 124 valence electrons. The Bertz CT molecular complexity index is 633. The number of benzene rings is 1. The summed E-state index contributed by atoms with van der Waals surface area (Å²) in [4.78, 5) is 36.5. The molecule has 23 heavy (non-hydrogen) atoms. The monoisotopic (exact) mass is 326 g/mol. The number of rotatable bonds is 6. The number of alkyl halides is 2. The molecule has 1 atom stereocenters. The fourth-order valence-electron chi connectivity index (χ4n) is 2.33. The van der Waals surface area contributed by atoms with Crippen molar-refractivity contribution in [3.8, 4) is 5.75 Å². The Hall–Kier alpha value is -2.51. The standard InChI is InChI=1S/C15H16F2N2O4/c1-9(20)7-8-19-12(21)15(2,18-14(19)22)10-3-5-11(6-4-10)23-13(16)17/h3-6,13H,7-8H2,1-2H3,(H,18,22)/t15-/m1/s1. The number of carbonyl (C=O) groups is 3. The first-order chi connectivity index (χ1) is 10.7. The van der Waals surface area contributed by atoms with Gasteiger partial charge in [-0.05, 0) is 31.5 Å². The number of halogens is 2. The van der Waals surface area contributed by atoms with E-state index in [4.69, 9.17) is 0 Å². The summed E-state index contributed by atoms with van der Waals surface area (Å²) >= 11 is 0. The summed E-state index contributed by atoms with van der Waals surface area (Å²) in [6.07, 6.45) is 0.0798. The van der Waals surface area contributed by atoms with Gasteiger partial charge in [-0.1, -0.05) is 12.1 Å². The third-order valence-corrected chi connectivity index (χ3v) is 3.62. The SMILES string of the molecule is CC(=O)CCN1C(=O)N[C@](C)(c2ccc(OC(F)F)cc2)C1=O. The summed E-state index contributed by atoms with van der Waals surface area (Å²) in [5.41, 5.74) is -0.875. The second-order valence-electron chi connectivity index (χ2n) is 5.37.